The van der Waals surface area contributed by atoms with Gasteiger partial charge in [-0.2, -0.15) is 0 Å². The highest BCUT2D eigenvalue weighted by Gasteiger charge is 2.34. The molecule has 1 aliphatic heterocycles. The Morgan fingerprint density at radius 3 is 2.21 bits per heavy atom. The monoisotopic (exact) mass is 413 g/mol. The van der Waals surface area contributed by atoms with Crippen LogP contribution in [0.1, 0.15) is 44.1 Å². The van der Waals surface area contributed by atoms with E-state index in [1.165, 1.54) is 24.2 Å². The van der Waals surface area contributed by atoms with Crippen LogP contribution in [0.25, 0.3) is 0 Å². The number of aliphatic hydroxyl groups is 1. The molecule has 29 heavy (non-hydrogen) atoms. The summed E-state index contributed by atoms with van der Waals surface area (Å²) >= 11 is 5.98. The Kier molecular flexibility index (Phi) is 6.33. The summed E-state index contributed by atoms with van der Waals surface area (Å²) < 4.78 is 0. The Hall–Kier alpha value is -1.75. The van der Waals surface area contributed by atoms with Crippen LogP contribution in [0, 0.1) is 5.92 Å². The number of nitrogens with two attached hydrogens (primary N) is 1. The molecule has 1 aliphatic carbocycles. The van der Waals surface area contributed by atoms with Gasteiger partial charge in [-0.1, -0.05) is 23.7 Å². The number of piperidine rings is 1. The van der Waals surface area contributed by atoms with Crippen LogP contribution in [0.15, 0.2) is 48.5 Å². The zero-order chi connectivity index (χ0) is 20.3. The van der Waals surface area contributed by atoms with Gasteiger partial charge in [0.05, 0.1) is 5.60 Å². The molecule has 2 aromatic rings. The molecule has 4 nitrogen and oxygen atoms in total. The van der Waals surface area contributed by atoms with Crippen molar-refractivity contribution < 1.29 is 5.11 Å². The first kappa shape index (κ1) is 20.5. The van der Waals surface area contributed by atoms with Crippen LogP contribution in [0.4, 0.5) is 11.4 Å². The molecular formula is C24H32ClN3O. The maximum atomic E-state index is 11.1. The average molecular weight is 414 g/mol. The van der Waals surface area contributed by atoms with E-state index >= 15 is 0 Å². The summed E-state index contributed by atoms with van der Waals surface area (Å²) in [7, 11) is 0. The second kappa shape index (κ2) is 8.95. The van der Waals surface area contributed by atoms with Crippen LogP contribution in [-0.2, 0) is 5.60 Å². The lowest BCUT2D eigenvalue weighted by Crippen LogP contribution is -2.42. The van der Waals surface area contributed by atoms with Crippen molar-refractivity contribution in [3.8, 4) is 0 Å². The van der Waals surface area contributed by atoms with Crippen LogP contribution < -0.4 is 16.0 Å². The van der Waals surface area contributed by atoms with Gasteiger partial charge in [-0.3, -0.25) is 0 Å². The fourth-order valence-corrected chi connectivity index (χ4v) is 4.75. The van der Waals surface area contributed by atoms with Crippen molar-refractivity contribution in [2.75, 3.05) is 29.9 Å². The third kappa shape index (κ3) is 5.06. The van der Waals surface area contributed by atoms with Crippen LogP contribution in [0.3, 0.4) is 0 Å². The first-order valence-corrected chi connectivity index (χ1v) is 11.2. The Bertz CT molecular complexity index is 777. The van der Waals surface area contributed by atoms with Crippen LogP contribution in [0.5, 0.6) is 0 Å². The summed E-state index contributed by atoms with van der Waals surface area (Å²) in [4.78, 5) is 2.36. The van der Waals surface area contributed by atoms with Gasteiger partial charge in [0, 0.05) is 42.1 Å². The van der Waals surface area contributed by atoms with Crippen molar-refractivity contribution in [2.24, 2.45) is 11.7 Å². The number of halogens is 1. The first-order chi connectivity index (χ1) is 14.0. The summed E-state index contributed by atoms with van der Waals surface area (Å²) in [5, 5.41) is 15.4. The molecule has 4 N–H and O–H groups in total. The van der Waals surface area contributed by atoms with E-state index in [2.05, 4.69) is 34.5 Å². The van der Waals surface area contributed by atoms with E-state index in [1.54, 1.807) is 0 Å². The van der Waals surface area contributed by atoms with Crippen molar-refractivity contribution in [3.05, 3.63) is 59.1 Å². The Balaban J connectivity index is 1.29. The van der Waals surface area contributed by atoms with Crippen LogP contribution >= 0.6 is 11.6 Å². The molecule has 0 spiro atoms. The minimum absolute atomic E-state index is 0.410. The molecule has 1 saturated heterocycles. The van der Waals surface area contributed by atoms with E-state index in [0.717, 1.165) is 56.8 Å². The Morgan fingerprint density at radius 2 is 1.59 bits per heavy atom. The largest absolute Gasteiger partial charge is 0.385 e. The summed E-state index contributed by atoms with van der Waals surface area (Å²) in [6.07, 6.45) is 6.22. The van der Waals surface area contributed by atoms with Gasteiger partial charge in [-0.15, -0.1) is 0 Å². The number of anilines is 2. The third-order valence-corrected chi connectivity index (χ3v) is 6.94. The van der Waals surface area contributed by atoms with Crippen molar-refractivity contribution >= 4 is 23.0 Å². The minimum atomic E-state index is -0.759. The number of hydrogen-bond acceptors (Lipinski definition) is 4. The molecule has 2 aliphatic rings. The van der Waals surface area contributed by atoms with Crippen LogP contribution in [0.2, 0.25) is 5.02 Å². The highest BCUT2D eigenvalue weighted by molar-refractivity contribution is 6.30. The molecule has 0 amide bonds. The van der Waals surface area contributed by atoms with E-state index in [0.29, 0.717) is 11.1 Å². The average Bonchev–Trinajstić information content (AvgIpc) is 2.75. The molecule has 0 atom stereocenters. The fourth-order valence-electron chi connectivity index (χ4n) is 4.63. The normalized spacial score (nSPS) is 24.3. The van der Waals surface area contributed by atoms with Crippen molar-refractivity contribution in [1.29, 1.82) is 0 Å². The fraction of sp³-hybridized carbons (Fsp3) is 0.500. The molecule has 1 saturated carbocycles. The van der Waals surface area contributed by atoms with Gasteiger partial charge in [0.1, 0.15) is 0 Å². The molecule has 5 heteroatoms. The SMILES string of the molecule is NC1CCC(CNc2ccc(N3CCC(O)(c4ccc(Cl)cc4)CC3)cc2)CC1. The molecule has 0 unspecified atom stereocenters. The second-order valence-electron chi connectivity index (χ2n) is 8.73. The smallest absolute Gasteiger partial charge is 0.0930 e. The lowest BCUT2D eigenvalue weighted by atomic mass is 9.84. The Morgan fingerprint density at radius 1 is 0.966 bits per heavy atom. The van der Waals surface area contributed by atoms with Crippen LogP contribution in [-0.4, -0.2) is 30.8 Å². The standard InChI is InChI=1S/C24H32ClN3O/c25-20-5-3-19(4-6-20)24(29)13-15-28(16-14-24)23-11-9-22(10-12-23)27-17-18-1-7-21(26)8-2-18/h3-6,9-12,18,21,27,29H,1-2,7-8,13-17,26H2. The summed E-state index contributed by atoms with van der Waals surface area (Å²) in [6.45, 7) is 2.71. The van der Waals surface area contributed by atoms with E-state index in [-0.39, 0.29) is 0 Å². The maximum Gasteiger partial charge on any atom is 0.0930 e. The lowest BCUT2D eigenvalue weighted by molar-refractivity contribution is 0.0118. The highest BCUT2D eigenvalue weighted by Crippen LogP contribution is 2.35. The highest BCUT2D eigenvalue weighted by atomic mass is 35.5. The van der Waals surface area contributed by atoms with E-state index in [9.17, 15) is 5.11 Å². The van der Waals surface area contributed by atoms with Gasteiger partial charge in [0.15, 0.2) is 0 Å². The molecule has 4 rings (SSSR count). The van der Waals surface area contributed by atoms with Gasteiger partial charge in [0.2, 0.25) is 0 Å². The second-order valence-corrected chi connectivity index (χ2v) is 9.17. The van der Waals surface area contributed by atoms with Crippen molar-refractivity contribution in [3.63, 3.8) is 0 Å². The third-order valence-electron chi connectivity index (χ3n) is 6.69. The molecular weight excluding hydrogens is 382 g/mol. The number of nitrogens with one attached hydrogen (secondary N) is 1. The van der Waals surface area contributed by atoms with Gasteiger partial charge >= 0.3 is 0 Å². The molecule has 0 bridgehead atoms. The molecule has 2 fully saturated rings. The van der Waals surface area contributed by atoms with Gasteiger partial charge in [0.25, 0.3) is 0 Å². The van der Waals surface area contributed by atoms with E-state index < -0.39 is 5.60 Å². The summed E-state index contributed by atoms with van der Waals surface area (Å²) in [5.41, 5.74) is 8.60. The molecule has 1 heterocycles. The zero-order valence-electron chi connectivity index (χ0n) is 17.0. The maximum absolute atomic E-state index is 11.1. The molecule has 156 valence electrons. The zero-order valence-corrected chi connectivity index (χ0v) is 17.7. The molecule has 0 aromatic heterocycles. The van der Waals surface area contributed by atoms with Crippen molar-refractivity contribution in [2.45, 2.75) is 50.2 Å². The summed E-state index contributed by atoms with van der Waals surface area (Å²) in [5.74, 6) is 0.738. The Labute approximate surface area is 179 Å². The number of hydrogen-bond donors (Lipinski definition) is 3. The quantitative estimate of drug-likeness (QED) is 0.661. The van der Waals surface area contributed by atoms with Gasteiger partial charge in [-0.25, -0.2) is 0 Å². The predicted octanol–water partition coefficient (Wildman–Crippen LogP) is 4.76. The number of benzene rings is 2. The predicted molar refractivity (Wildman–Crippen MR) is 122 cm³/mol. The lowest BCUT2D eigenvalue weighted by Gasteiger charge is -2.39. The van der Waals surface area contributed by atoms with Gasteiger partial charge < -0.3 is 21.1 Å². The number of nitrogens with zero attached hydrogens (tertiary/aromatic N) is 1. The first-order valence-electron chi connectivity index (χ1n) is 10.8. The summed E-state index contributed by atoms with van der Waals surface area (Å²) in [6, 6.07) is 16.7. The number of rotatable bonds is 5. The van der Waals surface area contributed by atoms with E-state index in [4.69, 9.17) is 17.3 Å². The molecule has 0 radical (unpaired) electrons. The molecule has 2 aromatic carbocycles. The topological polar surface area (TPSA) is 61.5 Å². The van der Waals surface area contributed by atoms with E-state index in [1.807, 2.05) is 24.3 Å². The van der Waals surface area contributed by atoms with Crippen molar-refractivity contribution in [1.82, 2.24) is 0 Å². The minimum Gasteiger partial charge on any atom is -0.385 e. The van der Waals surface area contributed by atoms with Gasteiger partial charge in [-0.05, 0) is 86.4 Å².